The molecule has 0 bridgehead atoms. The van der Waals surface area contributed by atoms with Crippen molar-refractivity contribution in [2.24, 2.45) is 5.92 Å². The lowest BCUT2D eigenvalue weighted by atomic mass is 9.75. The molecule has 4 atom stereocenters. The van der Waals surface area contributed by atoms with E-state index in [9.17, 15) is 19.1 Å². The highest BCUT2D eigenvalue weighted by Gasteiger charge is 2.55. The summed E-state index contributed by atoms with van der Waals surface area (Å²) in [5.74, 6) is -1.20. The number of imidazole rings is 1. The third-order valence-corrected chi connectivity index (χ3v) is 6.84. The van der Waals surface area contributed by atoms with Crippen molar-refractivity contribution in [2.75, 3.05) is 12.3 Å². The van der Waals surface area contributed by atoms with E-state index in [1.807, 2.05) is 6.07 Å². The van der Waals surface area contributed by atoms with Gasteiger partial charge in [-0.15, -0.1) is 6.42 Å². The molecule has 3 heterocycles. The third kappa shape index (κ3) is 5.02. The van der Waals surface area contributed by atoms with E-state index in [0.29, 0.717) is 5.56 Å². The van der Waals surface area contributed by atoms with E-state index in [1.54, 1.807) is 54.6 Å². The number of nitrogens with zero attached hydrogens (tertiary/aromatic N) is 4. The van der Waals surface area contributed by atoms with Crippen LogP contribution < -0.4 is 5.73 Å². The molecule has 5 rings (SSSR count). The third-order valence-electron chi connectivity index (χ3n) is 6.84. The number of nitrogens with two attached hydrogens (primary N) is 1. The van der Waals surface area contributed by atoms with Gasteiger partial charge in [0.2, 0.25) is 0 Å². The second-order valence-electron chi connectivity index (χ2n) is 9.20. The van der Waals surface area contributed by atoms with Crippen molar-refractivity contribution < 1.29 is 28.6 Å². The number of nitrogen functional groups attached to an aromatic ring is 1. The minimum Gasteiger partial charge on any atom is -0.481 e. The fourth-order valence-corrected chi connectivity index (χ4v) is 5.02. The van der Waals surface area contributed by atoms with E-state index in [4.69, 9.17) is 21.6 Å². The van der Waals surface area contributed by atoms with Crippen LogP contribution in [0.2, 0.25) is 0 Å². The van der Waals surface area contributed by atoms with E-state index in [0.717, 1.165) is 5.56 Å². The number of carbonyl (C=O) groups excluding carboxylic acids is 1. The van der Waals surface area contributed by atoms with Gasteiger partial charge in [0.15, 0.2) is 22.6 Å². The number of rotatable bonds is 8. The summed E-state index contributed by atoms with van der Waals surface area (Å²) in [4.78, 5) is 36.8. The van der Waals surface area contributed by atoms with Gasteiger partial charge in [-0.25, -0.2) is 4.98 Å². The molecule has 198 valence electrons. The molecule has 2 aromatic carbocycles. The summed E-state index contributed by atoms with van der Waals surface area (Å²) in [5, 5.41) is 10.3. The fourth-order valence-electron chi connectivity index (χ4n) is 5.02. The summed E-state index contributed by atoms with van der Waals surface area (Å²) < 4.78 is 27.4. The Labute approximate surface area is 222 Å². The van der Waals surface area contributed by atoms with Crippen LogP contribution in [0.3, 0.4) is 0 Å². The molecular formula is C28H24FN5O5. The Balaban J connectivity index is 1.51. The number of terminal acetylenes is 1. The molecule has 1 aliphatic rings. The maximum atomic E-state index is 14.0. The highest BCUT2D eigenvalue weighted by atomic mass is 19.1. The zero-order chi connectivity index (χ0) is 27.6. The van der Waals surface area contributed by atoms with Crippen molar-refractivity contribution in [3.05, 3.63) is 84.2 Å². The number of hydrogen-bond acceptors (Lipinski definition) is 8. The number of carboxylic acid groups (broad SMARTS) is 1. The van der Waals surface area contributed by atoms with Crippen LogP contribution in [0.5, 0.6) is 0 Å². The summed E-state index contributed by atoms with van der Waals surface area (Å²) in [6.07, 6.45) is 5.45. The minimum absolute atomic E-state index is 0.00172. The van der Waals surface area contributed by atoms with Crippen molar-refractivity contribution in [3.63, 3.8) is 0 Å². The number of carbonyl (C=O) groups is 2. The van der Waals surface area contributed by atoms with Gasteiger partial charge in [0, 0.05) is 12.3 Å². The first-order chi connectivity index (χ1) is 18.8. The molecule has 0 radical (unpaired) electrons. The average Bonchev–Trinajstić information content (AvgIpc) is 3.51. The zero-order valence-corrected chi connectivity index (χ0v) is 20.6. The number of esters is 1. The quantitative estimate of drug-likeness (QED) is 0.200. The molecule has 0 saturated carbocycles. The number of benzene rings is 2. The Morgan fingerprint density at radius 2 is 1.90 bits per heavy atom. The molecular weight excluding hydrogens is 505 g/mol. The number of anilines is 1. The monoisotopic (exact) mass is 529 g/mol. The molecule has 1 unspecified atom stereocenters. The minimum atomic E-state index is -1.64. The second-order valence-corrected chi connectivity index (χ2v) is 9.20. The Morgan fingerprint density at radius 1 is 1.21 bits per heavy atom. The smallest absolute Gasteiger partial charge is 0.312 e. The van der Waals surface area contributed by atoms with Crippen LogP contribution in [-0.4, -0.2) is 48.8 Å². The van der Waals surface area contributed by atoms with Gasteiger partial charge in [0.1, 0.15) is 12.8 Å². The van der Waals surface area contributed by atoms with E-state index in [1.165, 1.54) is 10.9 Å². The number of hydrogen-bond donors (Lipinski definition) is 2. The van der Waals surface area contributed by atoms with Crippen LogP contribution in [-0.2, 0) is 25.5 Å². The summed E-state index contributed by atoms with van der Waals surface area (Å²) in [6, 6.07) is 17.6. The summed E-state index contributed by atoms with van der Waals surface area (Å²) in [6.45, 7) is -0.398. The Morgan fingerprint density at radius 3 is 2.56 bits per heavy atom. The summed E-state index contributed by atoms with van der Waals surface area (Å²) in [5.41, 5.74) is 5.64. The van der Waals surface area contributed by atoms with Crippen LogP contribution in [0.25, 0.3) is 11.2 Å². The van der Waals surface area contributed by atoms with Gasteiger partial charge in [-0.05, 0) is 11.1 Å². The van der Waals surface area contributed by atoms with Crippen LogP contribution in [0, 0.1) is 24.3 Å². The lowest BCUT2D eigenvalue weighted by Crippen LogP contribution is -2.44. The molecule has 39 heavy (non-hydrogen) atoms. The van der Waals surface area contributed by atoms with Gasteiger partial charge < -0.3 is 20.3 Å². The van der Waals surface area contributed by atoms with Gasteiger partial charge in [0.05, 0.1) is 18.7 Å². The van der Waals surface area contributed by atoms with Crippen molar-refractivity contribution >= 4 is 28.9 Å². The van der Waals surface area contributed by atoms with Gasteiger partial charge >= 0.3 is 18.0 Å². The molecule has 1 saturated heterocycles. The first-order valence-electron chi connectivity index (χ1n) is 12.1. The first kappa shape index (κ1) is 25.8. The first-order valence-corrected chi connectivity index (χ1v) is 12.1. The molecule has 0 spiro atoms. The van der Waals surface area contributed by atoms with Crippen molar-refractivity contribution in [2.45, 2.75) is 30.6 Å². The van der Waals surface area contributed by atoms with E-state index in [2.05, 4.69) is 20.9 Å². The largest absolute Gasteiger partial charge is 0.481 e. The van der Waals surface area contributed by atoms with Gasteiger partial charge in [-0.3, -0.25) is 14.2 Å². The molecule has 10 nitrogen and oxygen atoms in total. The van der Waals surface area contributed by atoms with Crippen LogP contribution in [0.4, 0.5) is 10.2 Å². The predicted molar refractivity (Wildman–Crippen MR) is 137 cm³/mol. The molecule has 1 aliphatic heterocycles. The Hall–Kier alpha value is -4.82. The van der Waals surface area contributed by atoms with E-state index >= 15 is 0 Å². The average molecular weight is 530 g/mol. The molecule has 4 aromatic rings. The lowest BCUT2D eigenvalue weighted by molar-refractivity contribution is -0.155. The summed E-state index contributed by atoms with van der Waals surface area (Å²) in [7, 11) is 0. The van der Waals surface area contributed by atoms with Crippen molar-refractivity contribution in [1.29, 1.82) is 0 Å². The van der Waals surface area contributed by atoms with Crippen LogP contribution in [0.15, 0.2) is 67.0 Å². The number of halogens is 1. The number of ether oxygens (including phenoxy) is 2. The van der Waals surface area contributed by atoms with Gasteiger partial charge in [-0.2, -0.15) is 14.4 Å². The normalized spacial score (nSPS) is 21.3. The maximum absolute atomic E-state index is 14.0. The highest BCUT2D eigenvalue weighted by molar-refractivity contribution is 5.81. The maximum Gasteiger partial charge on any atom is 0.312 e. The number of aliphatic carboxylic acids is 1. The lowest BCUT2D eigenvalue weighted by Gasteiger charge is -2.32. The van der Waals surface area contributed by atoms with Crippen molar-refractivity contribution in [3.8, 4) is 12.3 Å². The number of carboxylic acids is 1. The van der Waals surface area contributed by atoms with Crippen molar-refractivity contribution in [1.82, 2.24) is 19.5 Å². The molecule has 0 amide bonds. The predicted octanol–water partition coefficient (Wildman–Crippen LogP) is 3.11. The fraction of sp³-hybridized carbons (Fsp3) is 0.250. The second kappa shape index (κ2) is 10.5. The highest BCUT2D eigenvalue weighted by Crippen LogP contribution is 2.49. The van der Waals surface area contributed by atoms with Crippen LogP contribution >= 0.6 is 0 Å². The Kier molecular flexibility index (Phi) is 6.96. The van der Waals surface area contributed by atoms with Gasteiger partial charge in [-0.1, -0.05) is 66.6 Å². The van der Waals surface area contributed by atoms with Crippen LogP contribution in [0.1, 0.15) is 29.7 Å². The Bertz CT molecular complexity index is 1560. The van der Waals surface area contributed by atoms with E-state index < -0.39 is 48.3 Å². The number of fused-ring (bicyclic) bond motifs is 1. The molecule has 11 heteroatoms. The summed E-state index contributed by atoms with van der Waals surface area (Å²) >= 11 is 0. The number of aromatic nitrogens is 4. The van der Waals surface area contributed by atoms with E-state index in [-0.39, 0.29) is 29.8 Å². The SMILES string of the molecule is C#CC1(COC(=O)Cc2ccccc2)O[C@@H](n2cnc3c(N)nc(F)nc32)C[C@H]1[C@@H](C(=O)O)c1ccccc1. The molecule has 0 aliphatic carbocycles. The molecule has 2 aromatic heterocycles. The standard InChI is InChI=1S/C28H24FN5O5/c1-2-28(15-38-21(35)13-17-9-5-3-6-10-17)19(22(26(36)37)18-11-7-4-8-12-18)14-20(39-28)34-16-31-23-24(30)32-27(29)33-25(23)34/h1,3-12,16,19-20,22H,13-15H2,(H,36,37)(H2,30,32,33)/t19-,20+,22-,28?/m0/s1. The van der Waals surface area contributed by atoms with Gasteiger partial charge in [0.25, 0.3) is 0 Å². The molecule has 3 N–H and O–H groups in total. The molecule has 1 fully saturated rings. The zero-order valence-electron chi connectivity index (χ0n) is 20.6. The topological polar surface area (TPSA) is 142 Å².